The van der Waals surface area contributed by atoms with Crippen LogP contribution in [0.4, 0.5) is 0 Å². The molecule has 32 heavy (non-hydrogen) atoms. The van der Waals surface area contributed by atoms with Gasteiger partial charge in [0.15, 0.2) is 17.3 Å². The average molecular weight is 428 g/mol. The fourth-order valence-corrected chi connectivity index (χ4v) is 3.61. The monoisotopic (exact) mass is 428 g/mol. The number of benzene rings is 3. The molecule has 4 rings (SSSR count). The molecule has 0 saturated heterocycles. The van der Waals surface area contributed by atoms with Gasteiger partial charge in [-0.25, -0.2) is 4.68 Å². The maximum Gasteiger partial charge on any atom is 0.275 e. The van der Waals surface area contributed by atoms with Gasteiger partial charge in [0, 0.05) is 16.5 Å². The molecule has 3 aromatic carbocycles. The lowest BCUT2D eigenvalue weighted by Gasteiger charge is -2.14. The molecule has 0 radical (unpaired) electrons. The predicted molar refractivity (Wildman–Crippen MR) is 125 cm³/mol. The zero-order valence-electron chi connectivity index (χ0n) is 18.1. The molecule has 6 heteroatoms. The first-order valence-electron chi connectivity index (χ1n) is 10.6. The number of hydrogen-bond donors (Lipinski definition) is 0. The third kappa shape index (κ3) is 4.25. The van der Waals surface area contributed by atoms with Gasteiger partial charge in [-0.1, -0.05) is 48.5 Å². The van der Waals surface area contributed by atoms with Gasteiger partial charge in [-0.3, -0.25) is 9.59 Å². The minimum Gasteiger partial charge on any atom is -0.490 e. The van der Waals surface area contributed by atoms with Crippen LogP contribution in [0.1, 0.15) is 24.2 Å². The van der Waals surface area contributed by atoms with E-state index < -0.39 is 0 Å². The van der Waals surface area contributed by atoms with Gasteiger partial charge in [0.1, 0.15) is 6.54 Å². The van der Waals surface area contributed by atoms with Crippen LogP contribution in [0, 0.1) is 0 Å². The fourth-order valence-electron chi connectivity index (χ4n) is 3.61. The first-order valence-corrected chi connectivity index (χ1v) is 10.6. The Bertz CT molecular complexity index is 1310. The standard InChI is InChI=1S/C26H24N2O4/c1-3-31-23-15-14-19(16-24(23)32-4-2)25-20-12-8-9-13-21(20)26(30)28(27-25)17-22(29)18-10-6-5-7-11-18/h5-16H,3-4,17H2,1-2H3. The first-order chi connectivity index (χ1) is 15.6. The second-order valence-corrected chi connectivity index (χ2v) is 7.17. The molecule has 4 aromatic rings. The van der Waals surface area contributed by atoms with Crippen molar-refractivity contribution in [1.82, 2.24) is 9.78 Å². The molecule has 162 valence electrons. The van der Waals surface area contributed by atoms with E-state index in [0.717, 1.165) is 5.56 Å². The van der Waals surface area contributed by atoms with Crippen molar-refractivity contribution in [3.63, 3.8) is 0 Å². The number of carbonyl (C=O) groups is 1. The number of nitrogens with zero attached hydrogens (tertiary/aromatic N) is 2. The van der Waals surface area contributed by atoms with Crippen molar-refractivity contribution in [3.05, 3.63) is 88.7 Å². The lowest BCUT2D eigenvalue weighted by Crippen LogP contribution is -2.27. The topological polar surface area (TPSA) is 70.4 Å². The molecule has 1 aromatic heterocycles. The Morgan fingerprint density at radius 1 is 0.844 bits per heavy atom. The van der Waals surface area contributed by atoms with Crippen LogP contribution in [0.5, 0.6) is 11.5 Å². The molecule has 0 N–H and O–H groups in total. The minimum atomic E-state index is -0.301. The zero-order valence-corrected chi connectivity index (χ0v) is 18.1. The molecule has 0 atom stereocenters. The number of Topliss-reactive ketones (excluding diaryl/α,β-unsaturated/α-hetero) is 1. The van der Waals surface area contributed by atoms with Crippen LogP contribution in [0.2, 0.25) is 0 Å². The van der Waals surface area contributed by atoms with Crippen LogP contribution >= 0.6 is 0 Å². The highest BCUT2D eigenvalue weighted by Crippen LogP contribution is 2.34. The molecule has 0 aliphatic carbocycles. The van der Waals surface area contributed by atoms with Gasteiger partial charge in [0.05, 0.1) is 24.3 Å². The van der Waals surface area contributed by atoms with E-state index in [1.165, 1.54) is 4.68 Å². The van der Waals surface area contributed by atoms with Crippen molar-refractivity contribution in [2.45, 2.75) is 20.4 Å². The molecule has 1 heterocycles. The van der Waals surface area contributed by atoms with Gasteiger partial charge in [0.25, 0.3) is 5.56 Å². The third-order valence-corrected chi connectivity index (χ3v) is 5.07. The van der Waals surface area contributed by atoms with Gasteiger partial charge in [-0.15, -0.1) is 0 Å². The summed E-state index contributed by atoms with van der Waals surface area (Å²) in [6.07, 6.45) is 0. The van der Waals surface area contributed by atoms with E-state index in [2.05, 4.69) is 5.10 Å². The van der Waals surface area contributed by atoms with Crippen molar-refractivity contribution in [1.29, 1.82) is 0 Å². The van der Waals surface area contributed by atoms with Crippen LogP contribution in [0.25, 0.3) is 22.0 Å². The highest BCUT2D eigenvalue weighted by molar-refractivity contribution is 5.97. The molecule has 0 fully saturated rings. The third-order valence-electron chi connectivity index (χ3n) is 5.07. The lowest BCUT2D eigenvalue weighted by atomic mass is 10.0. The summed E-state index contributed by atoms with van der Waals surface area (Å²) in [5.41, 5.74) is 1.61. The Labute approximate surface area is 186 Å². The Balaban J connectivity index is 1.85. The Hall–Kier alpha value is -3.93. The molecule has 0 unspecified atom stereocenters. The first kappa shape index (κ1) is 21.3. The van der Waals surface area contributed by atoms with Crippen LogP contribution in [0.15, 0.2) is 77.6 Å². The molecule has 0 bridgehead atoms. The van der Waals surface area contributed by atoms with Crippen molar-refractivity contribution >= 4 is 16.6 Å². The summed E-state index contributed by atoms with van der Waals surface area (Å²) in [5.74, 6) is 1.08. The van der Waals surface area contributed by atoms with E-state index in [-0.39, 0.29) is 17.9 Å². The minimum absolute atomic E-state index is 0.143. The zero-order chi connectivity index (χ0) is 22.5. The van der Waals surface area contributed by atoms with E-state index >= 15 is 0 Å². The summed E-state index contributed by atoms with van der Waals surface area (Å²) in [6.45, 7) is 4.69. The normalized spacial score (nSPS) is 10.8. The van der Waals surface area contributed by atoms with Crippen molar-refractivity contribution in [3.8, 4) is 22.8 Å². The van der Waals surface area contributed by atoms with Gasteiger partial charge >= 0.3 is 0 Å². The summed E-state index contributed by atoms with van der Waals surface area (Å²) >= 11 is 0. The van der Waals surface area contributed by atoms with Crippen molar-refractivity contribution in [2.75, 3.05) is 13.2 Å². The van der Waals surface area contributed by atoms with Gasteiger partial charge in [-0.2, -0.15) is 5.10 Å². The van der Waals surface area contributed by atoms with Crippen molar-refractivity contribution in [2.24, 2.45) is 0 Å². The number of rotatable bonds is 8. The summed E-state index contributed by atoms with van der Waals surface area (Å²) < 4.78 is 12.7. The molecular formula is C26H24N2O4. The Morgan fingerprint density at radius 2 is 1.50 bits per heavy atom. The maximum atomic E-state index is 13.1. The van der Waals surface area contributed by atoms with Crippen molar-refractivity contribution < 1.29 is 14.3 Å². The number of fused-ring (bicyclic) bond motifs is 1. The number of hydrogen-bond acceptors (Lipinski definition) is 5. The smallest absolute Gasteiger partial charge is 0.275 e. The average Bonchev–Trinajstić information content (AvgIpc) is 2.83. The van der Waals surface area contributed by atoms with Gasteiger partial charge in [-0.05, 0) is 38.1 Å². The molecular weight excluding hydrogens is 404 g/mol. The van der Waals surface area contributed by atoms with Crippen LogP contribution in [-0.2, 0) is 6.54 Å². The van der Waals surface area contributed by atoms with Crippen LogP contribution < -0.4 is 15.0 Å². The molecule has 0 spiro atoms. The van der Waals surface area contributed by atoms with E-state index in [0.29, 0.717) is 46.7 Å². The molecule has 0 aliphatic rings. The maximum absolute atomic E-state index is 13.1. The highest BCUT2D eigenvalue weighted by atomic mass is 16.5. The second-order valence-electron chi connectivity index (χ2n) is 7.17. The fraction of sp³-hybridized carbons (Fsp3) is 0.192. The van der Waals surface area contributed by atoms with Gasteiger partial charge in [0.2, 0.25) is 0 Å². The van der Waals surface area contributed by atoms with Gasteiger partial charge < -0.3 is 9.47 Å². The lowest BCUT2D eigenvalue weighted by molar-refractivity contribution is 0.0966. The summed E-state index contributed by atoms with van der Waals surface area (Å²) in [5, 5.41) is 5.82. The van der Waals surface area contributed by atoms with E-state index in [4.69, 9.17) is 9.47 Å². The SMILES string of the molecule is CCOc1ccc(-c2nn(CC(=O)c3ccccc3)c(=O)c3ccccc23)cc1OCC. The molecule has 0 aliphatic heterocycles. The summed E-state index contributed by atoms with van der Waals surface area (Å²) in [6, 6.07) is 21.8. The Kier molecular flexibility index (Phi) is 6.31. The Morgan fingerprint density at radius 3 is 2.22 bits per heavy atom. The number of ketones is 1. The quantitative estimate of drug-likeness (QED) is 0.379. The largest absolute Gasteiger partial charge is 0.490 e. The predicted octanol–water partition coefficient (Wildman–Crippen LogP) is 4.74. The summed E-state index contributed by atoms with van der Waals surface area (Å²) in [7, 11) is 0. The van der Waals surface area contributed by atoms with E-state index in [1.54, 1.807) is 36.4 Å². The molecule has 0 amide bonds. The number of carbonyl (C=O) groups excluding carboxylic acids is 1. The van der Waals surface area contributed by atoms with Crippen LogP contribution in [0.3, 0.4) is 0 Å². The molecule has 0 saturated carbocycles. The highest BCUT2D eigenvalue weighted by Gasteiger charge is 2.16. The number of ether oxygens (including phenoxy) is 2. The number of aromatic nitrogens is 2. The van der Waals surface area contributed by atoms with E-state index in [1.807, 2.05) is 50.2 Å². The van der Waals surface area contributed by atoms with E-state index in [9.17, 15) is 9.59 Å². The summed E-state index contributed by atoms with van der Waals surface area (Å²) in [4.78, 5) is 25.9. The van der Waals surface area contributed by atoms with Crippen LogP contribution in [-0.4, -0.2) is 28.8 Å². The molecule has 6 nitrogen and oxygen atoms in total. The second kappa shape index (κ2) is 9.47.